The quantitative estimate of drug-likeness (QED) is 0.0769. The van der Waals surface area contributed by atoms with Gasteiger partial charge in [0.15, 0.2) is 0 Å². The number of esters is 1. The van der Waals surface area contributed by atoms with Crippen molar-refractivity contribution in [2.24, 2.45) is 5.10 Å². The van der Waals surface area contributed by atoms with E-state index in [1.165, 1.54) is 17.6 Å². The third kappa shape index (κ3) is 6.91. The molecule has 0 aliphatic rings. The van der Waals surface area contributed by atoms with Crippen LogP contribution in [0.2, 0.25) is 5.02 Å². The summed E-state index contributed by atoms with van der Waals surface area (Å²) in [6, 6.07) is 25.8. The first-order chi connectivity index (χ1) is 19.8. The summed E-state index contributed by atoms with van der Waals surface area (Å²) in [6.45, 7) is 0. The Kier molecular flexibility index (Phi) is 8.94. The van der Waals surface area contributed by atoms with Crippen molar-refractivity contribution in [1.29, 1.82) is 0 Å². The van der Waals surface area contributed by atoms with Crippen LogP contribution in [-0.2, 0) is 0 Å². The summed E-state index contributed by atoms with van der Waals surface area (Å²) in [7, 11) is 0. The van der Waals surface area contributed by atoms with E-state index in [2.05, 4.69) is 47.7 Å². The molecule has 204 valence electrons. The average Bonchev–Trinajstić information content (AvgIpc) is 3.29. The Morgan fingerprint density at radius 2 is 1.49 bits per heavy atom. The summed E-state index contributed by atoms with van der Waals surface area (Å²) >= 11 is 14.5. The number of hydrogen-bond donors (Lipinski definition) is 2. The minimum absolute atomic E-state index is 0.260. The predicted octanol–water partition coefficient (Wildman–Crippen LogP) is 8.32. The lowest BCUT2D eigenvalue weighted by Gasteiger charge is -2.07. The Bertz CT molecular complexity index is 1810. The second kappa shape index (κ2) is 12.8. The highest BCUT2D eigenvalue weighted by molar-refractivity contribution is 9.10. The highest BCUT2D eigenvalue weighted by atomic mass is 79.9. The number of carbonyl (C=O) groups is 3. The highest BCUT2D eigenvalue weighted by Crippen LogP contribution is 2.37. The number of para-hydroxylation sites is 1. The van der Waals surface area contributed by atoms with Crippen LogP contribution in [0.3, 0.4) is 0 Å². The number of nitrogens with zero attached hydrogens (tertiary/aromatic N) is 1. The van der Waals surface area contributed by atoms with Gasteiger partial charge in [-0.15, -0.1) is 11.3 Å². The maximum absolute atomic E-state index is 12.9. The number of ether oxygens (including phenoxy) is 1. The first kappa shape index (κ1) is 28.7. The van der Waals surface area contributed by atoms with E-state index in [1.54, 1.807) is 72.8 Å². The van der Waals surface area contributed by atoms with Gasteiger partial charge in [0.1, 0.15) is 10.6 Å². The fourth-order valence-corrected chi connectivity index (χ4v) is 5.93. The van der Waals surface area contributed by atoms with Crippen LogP contribution in [0.15, 0.2) is 105 Å². The first-order valence-corrected chi connectivity index (χ1v) is 14.8. The molecule has 0 saturated heterocycles. The number of amides is 2. The Labute approximate surface area is 260 Å². The molecule has 0 unspecified atom stereocenters. The van der Waals surface area contributed by atoms with Crippen molar-refractivity contribution in [2.45, 2.75) is 0 Å². The minimum Gasteiger partial charge on any atom is -0.422 e. The third-order valence-electron chi connectivity index (χ3n) is 5.78. The largest absolute Gasteiger partial charge is 0.422 e. The van der Waals surface area contributed by atoms with Crippen molar-refractivity contribution in [3.63, 3.8) is 0 Å². The Balaban J connectivity index is 1.21. The number of carbonyl (C=O) groups excluding carboxylic acids is 3. The van der Waals surface area contributed by atoms with Gasteiger partial charge in [-0.2, -0.15) is 5.10 Å². The molecule has 0 aliphatic carbocycles. The predicted molar refractivity (Wildman–Crippen MR) is 170 cm³/mol. The minimum atomic E-state index is -0.593. The van der Waals surface area contributed by atoms with Gasteiger partial charge in [0.05, 0.1) is 11.2 Å². The van der Waals surface area contributed by atoms with Crippen LogP contribution in [0.1, 0.15) is 36.0 Å². The molecule has 0 aliphatic heterocycles. The molecule has 7 nitrogen and oxygen atoms in total. The number of anilines is 1. The average molecular weight is 712 g/mol. The molecule has 2 amide bonds. The molecule has 0 fully saturated rings. The summed E-state index contributed by atoms with van der Waals surface area (Å²) < 4.78 is 8.24. The highest BCUT2D eigenvalue weighted by Gasteiger charge is 2.20. The fraction of sp³-hybridized carbons (Fsp3) is 0. The summed E-state index contributed by atoms with van der Waals surface area (Å²) in [4.78, 5) is 38.2. The van der Waals surface area contributed by atoms with Crippen LogP contribution in [0.5, 0.6) is 5.75 Å². The smallest absolute Gasteiger partial charge is 0.355 e. The van der Waals surface area contributed by atoms with E-state index in [0.717, 1.165) is 19.0 Å². The molecule has 1 heterocycles. The van der Waals surface area contributed by atoms with E-state index in [1.807, 2.05) is 18.2 Å². The lowest BCUT2D eigenvalue weighted by Crippen LogP contribution is -2.18. The van der Waals surface area contributed by atoms with E-state index in [9.17, 15) is 14.4 Å². The van der Waals surface area contributed by atoms with Crippen molar-refractivity contribution < 1.29 is 19.1 Å². The van der Waals surface area contributed by atoms with Gasteiger partial charge in [-0.3, -0.25) is 9.59 Å². The molecule has 4 aromatic carbocycles. The van der Waals surface area contributed by atoms with E-state index in [-0.39, 0.29) is 16.5 Å². The number of halogens is 3. The van der Waals surface area contributed by atoms with Crippen LogP contribution >= 0.6 is 54.8 Å². The topological polar surface area (TPSA) is 96.9 Å². The maximum atomic E-state index is 12.9. The van der Waals surface area contributed by atoms with Crippen LogP contribution in [-0.4, -0.2) is 24.0 Å². The second-order valence-electron chi connectivity index (χ2n) is 8.55. The molecule has 5 aromatic rings. The molecule has 0 bridgehead atoms. The van der Waals surface area contributed by atoms with Crippen molar-refractivity contribution in [3.8, 4) is 5.75 Å². The van der Waals surface area contributed by atoms with Crippen LogP contribution in [0, 0.1) is 0 Å². The Hall–Kier alpha value is -3.83. The van der Waals surface area contributed by atoms with Crippen LogP contribution < -0.4 is 15.5 Å². The standard InChI is InChI=1S/C30H18Br2ClN3O4S/c31-20-9-5-17(6-10-20)28(37)35-22-12-7-18(8-13-22)29(38)36-34-16-19-3-1-2-4-24(19)40-30(39)27-26(33)23-14-11-21(32)15-25(23)41-27/h1-16H,(H,35,37)(H,36,38)/b34-16-. The molecule has 0 atom stereocenters. The maximum Gasteiger partial charge on any atom is 0.355 e. The van der Waals surface area contributed by atoms with Gasteiger partial charge in [0.25, 0.3) is 11.8 Å². The molecular weight excluding hydrogens is 694 g/mol. The third-order valence-corrected chi connectivity index (χ3v) is 8.44. The number of thiophene rings is 1. The zero-order chi connectivity index (χ0) is 28.9. The number of nitrogens with one attached hydrogen (secondary N) is 2. The van der Waals surface area contributed by atoms with Gasteiger partial charge in [0.2, 0.25) is 0 Å². The van der Waals surface area contributed by atoms with Gasteiger partial charge < -0.3 is 10.1 Å². The van der Waals surface area contributed by atoms with Crippen molar-refractivity contribution >= 4 is 94.6 Å². The zero-order valence-corrected chi connectivity index (χ0v) is 25.6. The number of rotatable bonds is 7. The van der Waals surface area contributed by atoms with Gasteiger partial charge in [-0.05, 0) is 72.8 Å². The second-order valence-corrected chi connectivity index (χ2v) is 11.8. The summed E-state index contributed by atoms with van der Waals surface area (Å²) in [6.07, 6.45) is 1.39. The number of hydrazone groups is 1. The Morgan fingerprint density at radius 1 is 0.829 bits per heavy atom. The van der Waals surface area contributed by atoms with Gasteiger partial charge >= 0.3 is 5.97 Å². The molecule has 11 heteroatoms. The number of fused-ring (bicyclic) bond motifs is 1. The molecule has 1 aromatic heterocycles. The van der Waals surface area contributed by atoms with Crippen molar-refractivity contribution in [1.82, 2.24) is 5.43 Å². The fourth-order valence-electron chi connectivity index (χ4n) is 3.73. The van der Waals surface area contributed by atoms with E-state index >= 15 is 0 Å². The number of hydrogen-bond acceptors (Lipinski definition) is 6. The molecule has 0 radical (unpaired) electrons. The van der Waals surface area contributed by atoms with E-state index < -0.39 is 11.9 Å². The lowest BCUT2D eigenvalue weighted by molar-refractivity contribution is 0.0739. The zero-order valence-electron chi connectivity index (χ0n) is 20.9. The number of benzene rings is 4. The van der Waals surface area contributed by atoms with Gasteiger partial charge in [0, 0.05) is 41.4 Å². The van der Waals surface area contributed by atoms with Crippen LogP contribution in [0.25, 0.3) is 10.1 Å². The summed E-state index contributed by atoms with van der Waals surface area (Å²) in [5, 5.41) is 7.91. The molecule has 41 heavy (non-hydrogen) atoms. The SMILES string of the molecule is O=C(N/N=C\c1ccccc1OC(=O)c1sc2cc(Br)ccc2c1Cl)c1ccc(NC(=O)c2ccc(Br)cc2)cc1. The van der Waals surface area contributed by atoms with Crippen LogP contribution in [0.4, 0.5) is 5.69 Å². The van der Waals surface area contributed by atoms with E-state index in [4.69, 9.17) is 16.3 Å². The molecule has 0 saturated carbocycles. The normalized spacial score (nSPS) is 11.0. The molecule has 2 N–H and O–H groups in total. The molecular formula is C30H18Br2ClN3O4S. The Morgan fingerprint density at radius 3 is 2.24 bits per heavy atom. The van der Waals surface area contributed by atoms with Crippen molar-refractivity contribution in [3.05, 3.63) is 127 Å². The van der Waals surface area contributed by atoms with Gasteiger partial charge in [-0.1, -0.05) is 61.7 Å². The molecule has 5 rings (SSSR count). The monoisotopic (exact) mass is 709 g/mol. The van der Waals surface area contributed by atoms with Crippen molar-refractivity contribution in [2.75, 3.05) is 5.32 Å². The first-order valence-electron chi connectivity index (χ1n) is 12.0. The summed E-state index contributed by atoms with van der Waals surface area (Å²) in [5.74, 6) is -1.05. The summed E-state index contributed by atoms with van der Waals surface area (Å²) in [5.41, 5.74) is 4.33. The van der Waals surface area contributed by atoms with Gasteiger partial charge in [-0.25, -0.2) is 10.2 Å². The van der Waals surface area contributed by atoms with E-state index in [0.29, 0.717) is 27.4 Å². The molecule has 0 spiro atoms. The lowest BCUT2D eigenvalue weighted by atomic mass is 10.1.